The van der Waals surface area contributed by atoms with E-state index in [0.29, 0.717) is 0 Å². The molecular weight excluding hydrogens is 258 g/mol. The molecule has 0 bridgehead atoms. The van der Waals surface area contributed by atoms with Crippen LogP contribution in [0.4, 0.5) is 0 Å². The van der Waals surface area contributed by atoms with Crippen molar-refractivity contribution in [3.05, 3.63) is 51.5 Å². The summed E-state index contributed by atoms with van der Waals surface area (Å²) in [5.74, 6) is 0. The van der Waals surface area contributed by atoms with Crippen molar-refractivity contribution in [2.75, 3.05) is 0 Å². The molecular formula is C15H23NO2S. The van der Waals surface area contributed by atoms with E-state index in [0.717, 1.165) is 16.1 Å². The topological polar surface area (TPSA) is 53.4 Å². The molecule has 2 N–H and O–H groups in total. The van der Waals surface area contributed by atoms with Crippen molar-refractivity contribution >= 4 is 11.3 Å². The molecule has 19 heavy (non-hydrogen) atoms. The van der Waals surface area contributed by atoms with Gasteiger partial charge in [0.1, 0.15) is 0 Å². The zero-order valence-corrected chi connectivity index (χ0v) is 12.9. The number of pyridine rings is 1. The third kappa shape index (κ3) is 7.72. The van der Waals surface area contributed by atoms with Gasteiger partial charge in [-0.1, -0.05) is 13.8 Å². The van der Waals surface area contributed by atoms with E-state index in [4.69, 9.17) is 10.2 Å². The van der Waals surface area contributed by atoms with Gasteiger partial charge in [-0.3, -0.25) is 4.98 Å². The first-order valence-electron chi connectivity index (χ1n) is 6.34. The molecule has 0 aliphatic heterocycles. The Morgan fingerprint density at radius 3 is 2.05 bits per heavy atom. The quantitative estimate of drug-likeness (QED) is 0.886. The number of hydrogen-bond donors (Lipinski definition) is 2. The van der Waals surface area contributed by atoms with Gasteiger partial charge in [-0.25, -0.2) is 0 Å². The Hall–Kier alpha value is -1.23. The van der Waals surface area contributed by atoms with Crippen molar-refractivity contribution in [1.82, 2.24) is 4.98 Å². The van der Waals surface area contributed by atoms with Gasteiger partial charge >= 0.3 is 0 Å². The molecule has 2 aromatic rings. The van der Waals surface area contributed by atoms with Gasteiger partial charge in [0, 0.05) is 21.6 Å². The predicted molar refractivity (Wildman–Crippen MR) is 81.2 cm³/mol. The Kier molecular flexibility index (Phi) is 9.98. The second kappa shape index (κ2) is 10.7. The van der Waals surface area contributed by atoms with E-state index in [1.165, 1.54) is 4.88 Å². The second-order valence-electron chi connectivity index (χ2n) is 3.63. The molecule has 0 atom stereocenters. The fourth-order valence-corrected chi connectivity index (χ4v) is 2.02. The Labute approximate surface area is 119 Å². The number of aliphatic hydroxyl groups is 2. The van der Waals surface area contributed by atoms with E-state index in [9.17, 15) is 0 Å². The van der Waals surface area contributed by atoms with Crippen molar-refractivity contribution in [2.24, 2.45) is 0 Å². The first-order chi connectivity index (χ1) is 9.15. The van der Waals surface area contributed by atoms with Crippen LogP contribution in [-0.2, 0) is 13.2 Å². The number of thiophene rings is 1. The highest BCUT2D eigenvalue weighted by atomic mass is 32.1. The van der Waals surface area contributed by atoms with Crippen molar-refractivity contribution in [3.63, 3.8) is 0 Å². The maximum Gasteiger partial charge on any atom is 0.0774 e. The number of aliphatic hydroxyl groups excluding tert-OH is 2. The van der Waals surface area contributed by atoms with Gasteiger partial charge in [0.2, 0.25) is 0 Å². The molecule has 0 aliphatic carbocycles. The van der Waals surface area contributed by atoms with Crippen LogP contribution < -0.4 is 0 Å². The Bertz CT molecular complexity index is 455. The highest BCUT2D eigenvalue weighted by molar-refractivity contribution is 7.11. The summed E-state index contributed by atoms with van der Waals surface area (Å²) in [4.78, 5) is 6.28. The Morgan fingerprint density at radius 2 is 1.74 bits per heavy atom. The molecule has 0 spiro atoms. The summed E-state index contributed by atoms with van der Waals surface area (Å²) >= 11 is 1.64. The van der Waals surface area contributed by atoms with E-state index < -0.39 is 0 Å². The lowest BCUT2D eigenvalue weighted by atomic mass is 10.2. The van der Waals surface area contributed by atoms with E-state index in [1.54, 1.807) is 23.6 Å². The first kappa shape index (κ1) is 17.8. The summed E-state index contributed by atoms with van der Waals surface area (Å²) in [6.45, 7) is 8.21. The monoisotopic (exact) mass is 281 g/mol. The summed E-state index contributed by atoms with van der Waals surface area (Å²) in [7, 11) is 0. The minimum atomic E-state index is 0.101. The molecule has 0 aromatic carbocycles. The van der Waals surface area contributed by atoms with E-state index in [2.05, 4.69) is 4.98 Å². The average molecular weight is 281 g/mol. The van der Waals surface area contributed by atoms with Crippen molar-refractivity contribution in [1.29, 1.82) is 0 Å². The summed E-state index contributed by atoms with van der Waals surface area (Å²) in [5.41, 5.74) is 1.86. The smallest absolute Gasteiger partial charge is 0.0774 e. The van der Waals surface area contributed by atoms with Gasteiger partial charge in [-0.2, -0.15) is 0 Å². The lowest BCUT2D eigenvalue weighted by molar-refractivity contribution is 0.281. The first-order valence-corrected chi connectivity index (χ1v) is 7.16. The fraction of sp³-hybridized carbons (Fsp3) is 0.400. The van der Waals surface area contributed by atoms with Crippen molar-refractivity contribution < 1.29 is 10.2 Å². The van der Waals surface area contributed by atoms with Crippen LogP contribution in [0.1, 0.15) is 34.9 Å². The van der Waals surface area contributed by atoms with E-state index in [1.807, 2.05) is 45.9 Å². The maximum atomic E-state index is 8.63. The van der Waals surface area contributed by atoms with Crippen LogP contribution in [-0.4, -0.2) is 15.2 Å². The van der Waals surface area contributed by atoms with Gasteiger partial charge in [-0.15, -0.1) is 11.3 Å². The standard InChI is InChI=1S/C7H9NO.C6H8OS.C2H6/c1-6-4-7(5-9)2-3-8-6;1-5-2-3-6(4-7)8-5;1-2/h2-4,9H,5H2,1H3;2-3,7H,4H2,1H3;1-2H3. The summed E-state index contributed by atoms with van der Waals surface area (Å²) in [6, 6.07) is 7.61. The summed E-state index contributed by atoms with van der Waals surface area (Å²) in [6.07, 6.45) is 1.70. The molecule has 2 aromatic heterocycles. The fourth-order valence-electron chi connectivity index (χ4n) is 1.27. The zero-order chi connectivity index (χ0) is 14.7. The maximum absolute atomic E-state index is 8.63. The van der Waals surface area contributed by atoms with E-state index >= 15 is 0 Å². The lowest BCUT2D eigenvalue weighted by Crippen LogP contribution is -1.85. The Balaban J connectivity index is 0.000000303. The zero-order valence-electron chi connectivity index (χ0n) is 12.1. The molecule has 0 fully saturated rings. The molecule has 0 amide bonds. The number of aryl methyl sites for hydroxylation is 2. The van der Waals surface area contributed by atoms with Crippen LogP contribution in [0, 0.1) is 13.8 Å². The number of nitrogens with zero attached hydrogens (tertiary/aromatic N) is 1. The largest absolute Gasteiger partial charge is 0.392 e. The molecule has 0 radical (unpaired) electrons. The second-order valence-corrected chi connectivity index (χ2v) is 5.01. The molecule has 4 heteroatoms. The molecule has 2 heterocycles. The predicted octanol–water partition coefficient (Wildman–Crippen LogP) is 3.46. The minimum Gasteiger partial charge on any atom is -0.392 e. The highest BCUT2D eigenvalue weighted by Crippen LogP contribution is 2.13. The van der Waals surface area contributed by atoms with Crippen molar-refractivity contribution in [3.8, 4) is 0 Å². The number of aromatic nitrogens is 1. The average Bonchev–Trinajstić information content (AvgIpc) is 2.87. The molecule has 0 unspecified atom stereocenters. The summed E-state index contributed by atoms with van der Waals surface area (Å²) in [5, 5.41) is 17.2. The third-order valence-electron chi connectivity index (χ3n) is 2.10. The summed E-state index contributed by atoms with van der Waals surface area (Å²) < 4.78 is 0. The van der Waals surface area contributed by atoms with Crippen LogP contribution >= 0.6 is 11.3 Å². The molecule has 0 aliphatic rings. The Morgan fingerprint density at radius 1 is 1.05 bits per heavy atom. The normalized spacial score (nSPS) is 8.95. The lowest BCUT2D eigenvalue weighted by Gasteiger charge is -1.94. The molecule has 0 saturated carbocycles. The third-order valence-corrected chi connectivity index (χ3v) is 3.08. The SMILES string of the molecule is CC.Cc1cc(CO)ccn1.Cc1ccc(CO)s1. The van der Waals surface area contributed by atoms with E-state index in [-0.39, 0.29) is 13.2 Å². The van der Waals surface area contributed by atoms with Crippen LogP contribution in [0.3, 0.4) is 0 Å². The van der Waals surface area contributed by atoms with Gasteiger partial charge < -0.3 is 10.2 Å². The van der Waals surface area contributed by atoms with Gasteiger partial charge in [0.15, 0.2) is 0 Å². The highest BCUT2D eigenvalue weighted by Gasteiger charge is 1.90. The number of rotatable bonds is 2. The van der Waals surface area contributed by atoms with Crippen LogP contribution in [0.15, 0.2) is 30.5 Å². The molecule has 2 rings (SSSR count). The molecule has 3 nitrogen and oxygen atoms in total. The number of hydrogen-bond acceptors (Lipinski definition) is 4. The van der Waals surface area contributed by atoms with Gasteiger partial charge in [0.05, 0.1) is 13.2 Å². The van der Waals surface area contributed by atoms with Gasteiger partial charge in [0.25, 0.3) is 0 Å². The van der Waals surface area contributed by atoms with Crippen LogP contribution in [0.5, 0.6) is 0 Å². The van der Waals surface area contributed by atoms with Crippen molar-refractivity contribution in [2.45, 2.75) is 40.9 Å². The van der Waals surface area contributed by atoms with Crippen LogP contribution in [0.2, 0.25) is 0 Å². The molecule has 106 valence electrons. The van der Waals surface area contributed by atoms with Gasteiger partial charge in [-0.05, 0) is 43.7 Å². The van der Waals surface area contributed by atoms with Crippen LogP contribution in [0.25, 0.3) is 0 Å². The molecule has 0 saturated heterocycles. The minimum absolute atomic E-state index is 0.101.